The number of nitrogens with one attached hydrogen (secondary N) is 1. The molecule has 1 heterocycles. The van der Waals surface area contributed by atoms with Crippen LogP contribution in [0.4, 0.5) is 11.4 Å². The molecule has 1 aliphatic rings. The maximum absolute atomic E-state index is 12.6. The fourth-order valence-corrected chi connectivity index (χ4v) is 3.64. The van der Waals surface area contributed by atoms with Gasteiger partial charge in [-0.15, -0.1) is 0 Å². The van der Waals surface area contributed by atoms with Crippen molar-refractivity contribution >= 4 is 17.3 Å². The molecule has 0 aromatic heterocycles. The molecule has 2 aromatic rings. The largest absolute Gasteiger partial charge is 0.497 e. The molecule has 148 valence electrons. The highest BCUT2D eigenvalue weighted by molar-refractivity contribution is 5.92. The van der Waals surface area contributed by atoms with Crippen molar-refractivity contribution < 1.29 is 14.5 Å². The second-order valence-electron chi connectivity index (χ2n) is 6.96. The molecule has 0 aliphatic carbocycles. The fourth-order valence-electron chi connectivity index (χ4n) is 3.64. The number of hydrogen-bond acceptors (Lipinski definition) is 5. The number of likely N-dealkylation sites (tertiary alicyclic amines) is 1. The Kier molecular flexibility index (Phi) is 6.60. The highest BCUT2D eigenvalue weighted by Gasteiger charge is 2.24. The van der Waals surface area contributed by atoms with Crippen molar-refractivity contribution in [1.82, 2.24) is 4.90 Å². The van der Waals surface area contributed by atoms with Crippen LogP contribution in [0.1, 0.15) is 37.3 Å². The summed E-state index contributed by atoms with van der Waals surface area (Å²) in [4.78, 5) is 25.3. The number of nitro groups is 1. The minimum Gasteiger partial charge on any atom is -0.497 e. The predicted octanol–water partition coefficient (Wildman–Crippen LogP) is 4.16. The Morgan fingerprint density at radius 1 is 1.21 bits per heavy atom. The molecule has 0 spiro atoms. The first-order valence-corrected chi connectivity index (χ1v) is 9.49. The summed E-state index contributed by atoms with van der Waals surface area (Å²) in [6, 6.07) is 14.2. The summed E-state index contributed by atoms with van der Waals surface area (Å²) >= 11 is 0. The lowest BCUT2D eigenvalue weighted by molar-refractivity contribution is -0.384. The average Bonchev–Trinajstić information content (AvgIpc) is 2.93. The summed E-state index contributed by atoms with van der Waals surface area (Å²) in [5.41, 5.74) is 1.57. The summed E-state index contributed by atoms with van der Waals surface area (Å²) < 4.78 is 5.24. The quantitative estimate of drug-likeness (QED) is 0.598. The molecule has 1 aliphatic heterocycles. The second-order valence-corrected chi connectivity index (χ2v) is 6.96. The number of carbonyl (C=O) groups excluding carboxylic acids is 1. The molecule has 0 radical (unpaired) electrons. The number of nitrogens with zero attached hydrogens (tertiary/aromatic N) is 2. The molecule has 1 fully saturated rings. The fraction of sp³-hybridized carbons (Fsp3) is 0.381. The summed E-state index contributed by atoms with van der Waals surface area (Å²) in [5.74, 6) is 0.647. The number of anilines is 1. The minimum absolute atomic E-state index is 0.0383. The van der Waals surface area contributed by atoms with E-state index in [9.17, 15) is 14.9 Å². The first-order valence-electron chi connectivity index (χ1n) is 9.49. The average molecular weight is 383 g/mol. The van der Waals surface area contributed by atoms with Crippen LogP contribution >= 0.6 is 0 Å². The van der Waals surface area contributed by atoms with Crippen LogP contribution < -0.4 is 10.1 Å². The first kappa shape index (κ1) is 19.8. The highest BCUT2D eigenvalue weighted by Crippen LogP contribution is 2.31. The van der Waals surface area contributed by atoms with Gasteiger partial charge in [-0.1, -0.05) is 31.0 Å². The first-order chi connectivity index (χ1) is 13.6. The Labute approximate surface area is 164 Å². The molecule has 28 heavy (non-hydrogen) atoms. The van der Waals surface area contributed by atoms with Crippen LogP contribution in [0.15, 0.2) is 48.5 Å². The van der Waals surface area contributed by atoms with E-state index in [-0.39, 0.29) is 24.2 Å². The molecule has 1 N–H and O–H groups in total. The van der Waals surface area contributed by atoms with Crippen molar-refractivity contribution in [3.8, 4) is 5.75 Å². The lowest BCUT2D eigenvalue weighted by Gasteiger charge is -2.29. The normalized spacial score (nSPS) is 17.5. The van der Waals surface area contributed by atoms with Crippen LogP contribution in [0.25, 0.3) is 0 Å². The van der Waals surface area contributed by atoms with Crippen molar-refractivity contribution in [2.45, 2.75) is 31.7 Å². The molecule has 1 atom stereocenters. The Hall–Kier alpha value is -2.93. The number of non-ortho nitro benzene ring substituents is 1. The lowest BCUT2D eigenvalue weighted by atomic mass is 10.0. The molecule has 3 rings (SSSR count). The van der Waals surface area contributed by atoms with Crippen LogP contribution in [0, 0.1) is 10.1 Å². The molecule has 0 bridgehead atoms. The van der Waals surface area contributed by atoms with E-state index in [1.807, 2.05) is 12.1 Å². The molecule has 1 saturated heterocycles. The van der Waals surface area contributed by atoms with Gasteiger partial charge in [0.1, 0.15) is 5.75 Å². The van der Waals surface area contributed by atoms with Crippen molar-refractivity contribution in [1.29, 1.82) is 0 Å². The Morgan fingerprint density at radius 3 is 2.71 bits per heavy atom. The summed E-state index contributed by atoms with van der Waals surface area (Å²) in [6.07, 6.45) is 4.32. The van der Waals surface area contributed by atoms with E-state index < -0.39 is 4.92 Å². The van der Waals surface area contributed by atoms with E-state index in [2.05, 4.69) is 22.3 Å². The number of amides is 1. The van der Waals surface area contributed by atoms with Gasteiger partial charge in [0.05, 0.1) is 18.6 Å². The van der Waals surface area contributed by atoms with Crippen LogP contribution in [0.2, 0.25) is 0 Å². The Bertz CT molecular complexity index is 823. The molecular weight excluding hydrogens is 358 g/mol. The molecular formula is C21H25N3O4. The molecule has 1 amide bonds. The summed E-state index contributed by atoms with van der Waals surface area (Å²) in [6.45, 7) is 1.10. The number of hydrogen-bond donors (Lipinski definition) is 1. The molecule has 0 saturated carbocycles. The van der Waals surface area contributed by atoms with E-state index in [1.54, 1.807) is 19.2 Å². The minimum atomic E-state index is -0.468. The SMILES string of the molecule is COc1ccc([C@@H]2CCCCCN2CC(=O)Nc2cccc([N+](=O)[O-])c2)cc1. The standard InChI is InChI=1S/C21H25N3O4/c1-28-19-11-9-16(10-12-19)20-8-3-2-4-13-23(20)15-21(25)22-17-6-5-7-18(14-17)24(26)27/h5-7,9-12,14,20H,2-4,8,13,15H2,1H3,(H,22,25)/t20-/m0/s1. The zero-order chi connectivity index (χ0) is 19.9. The van der Waals surface area contributed by atoms with Crippen molar-refractivity contribution in [3.05, 3.63) is 64.2 Å². The zero-order valence-corrected chi connectivity index (χ0v) is 16.0. The van der Waals surface area contributed by atoms with Gasteiger partial charge in [0.25, 0.3) is 5.69 Å². The number of nitro benzene ring substituents is 1. The topological polar surface area (TPSA) is 84.7 Å². The van der Waals surface area contributed by atoms with E-state index in [0.29, 0.717) is 5.69 Å². The third-order valence-electron chi connectivity index (χ3n) is 5.05. The number of carbonyl (C=O) groups is 1. The molecule has 2 aromatic carbocycles. The van der Waals surface area contributed by atoms with Gasteiger partial charge in [0, 0.05) is 23.9 Å². The van der Waals surface area contributed by atoms with E-state index in [1.165, 1.54) is 17.7 Å². The van der Waals surface area contributed by atoms with Crippen molar-refractivity contribution in [2.24, 2.45) is 0 Å². The third-order valence-corrected chi connectivity index (χ3v) is 5.05. The van der Waals surface area contributed by atoms with Gasteiger partial charge in [0.2, 0.25) is 5.91 Å². The van der Waals surface area contributed by atoms with Gasteiger partial charge in [-0.3, -0.25) is 19.8 Å². The zero-order valence-electron chi connectivity index (χ0n) is 16.0. The van der Waals surface area contributed by atoms with E-state index >= 15 is 0 Å². The number of ether oxygens (including phenoxy) is 1. The number of benzene rings is 2. The van der Waals surface area contributed by atoms with Gasteiger partial charge in [-0.05, 0) is 43.1 Å². The van der Waals surface area contributed by atoms with Crippen LogP contribution in [0.5, 0.6) is 5.75 Å². The van der Waals surface area contributed by atoms with Crippen LogP contribution in [0.3, 0.4) is 0 Å². The number of rotatable bonds is 6. The maximum atomic E-state index is 12.6. The predicted molar refractivity (Wildman–Crippen MR) is 108 cm³/mol. The van der Waals surface area contributed by atoms with Gasteiger partial charge in [-0.25, -0.2) is 0 Å². The van der Waals surface area contributed by atoms with Gasteiger partial charge >= 0.3 is 0 Å². The summed E-state index contributed by atoms with van der Waals surface area (Å²) in [5, 5.41) is 13.7. The van der Waals surface area contributed by atoms with E-state index in [4.69, 9.17) is 4.74 Å². The third kappa shape index (κ3) is 5.07. The Morgan fingerprint density at radius 2 is 2.00 bits per heavy atom. The van der Waals surface area contributed by atoms with Gasteiger partial charge in [-0.2, -0.15) is 0 Å². The van der Waals surface area contributed by atoms with Gasteiger partial charge < -0.3 is 10.1 Å². The second kappa shape index (κ2) is 9.32. The highest BCUT2D eigenvalue weighted by atomic mass is 16.6. The lowest BCUT2D eigenvalue weighted by Crippen LogP contribution is -2.36. The Balaban J connectivity index is 1.70. The monoisotopic (exact) mass is 383 g/mol. The molecule has 0 unspecified atom stereocenters. The van der Waals surface area contributed by atoms with Crippen LogP contribution in [-0.4, -0.2) is 35.9 Å². The molecule has 7 heteroatoms. The maximum Gasteiger partial charge on any atom is 0.271 e. The van der Waals surface area contributed by atoms with Crippen molar-refractivity contribution in [3.63, 3.8) is 0 Å². The smallest absolute Gasteiger partial charge is 0.271 e. The van der Waals surface area contributed by atoms with Crippen LogP contribution in [-0.2, 0) is 4.79 Å². The van der Waals surface area contributed by atoms with E-state index in [0.717, 1.165) is 38.0 Å². The van der Waals surface area contributed by atoms with Crippen molar-refractivity contribution in [2.75, 3.05) is 25.5 Å². The molecule has 7 nitrogen and oxygen atoms in total. The summed E-state index contributed by atoms with van der Waals surface area (Å²) in [7, 11) is 1.64. The van der Waals surface area contributed by atoms with Gasteiger partial charge in [0.15, 0.2) is 0 Å². The number of methoxy groups -OCH3 is 1.